The number of halogens is 5. The molecule has 1 aliphatic carbocycles. The van der Waals surface area contributed by atoms with Crippen molar-refractivity contribution in [2.45, 2.75) is 51.3 Å². The van der Waals surface area contributed by atoms with Crippen LogP contribution in [0.4, 0.5) is 27.9 Å². The Kier molecular flexibility index (Phi) is 6.66. The van der Waals surface area contributed by atoms with Gasteiger partial charge in [0.15, 0.2) is 0 Å². The second-order valence-corrected chi connectivity index (χ2v) is 9.10. The molecule has 2 fully saturated rings. The first kappa shape index (κ1) is 24.8. The third-order valence-corrected chi connectivity index (χ3v) is 6.01. The number of anilines is 1. The quantitative estimate of drug-likeness (QED) is 0.500. The molecule has 2 aliphatic rings. The Morgan fingerprint density at radius 2 is 1.91 bits per heavy atom. The zero-order chi connectivity index (χ0) is 25.4. The lowest BCUT2D eigenvalue weighted by Gasteiger charge is -2.43. The molecular formula is C24H24F5N5O. The summed E-state index contributed by atoms with van der Waals surface area (Å²) in [5.74, 6) is 1.84. The van der Waals surface area contributed by atoms with Crippen molar-refractivity contribution in [2.75, 3.05) is 18.4 Å². The normalized spacial score (nSPS) is 21.7. The molecule has 1 saturated heterocycles. The van der Waals surface area contributed by atoms with Crippen LogP contribution < -0.4 is 5.32 Å². The molecule has 0 bridgehead atoms. The van der Waals surface area contributed by atoms with Crippen LogP contribution in [0.3, 0.4) is 0 Å². The number of carbonyl (C=O) groups excluding carboxylic acids is 1. The number of hydrogen-bond donors (Lipinski definition) is 1. The van der Waals surface area contributed by atoms with Crippen LogP contribution in [-0.4, -0.2) is 50.8 Å². The van der Waals surface area contributed by atoms with Crippen molar-refractivity contribution in [3.8, 4) is 11.8 Å². The highest BCUT2D eigenvalue weighted by atomic mass is 19.4. The molecule has 6 nitrogen and oxygen atoms in total. The van der Waals surface area contributed by atoms with Gasteiger partial charge in [-0.25, -0.2) is 23.7 Å². The van der Waals surface area contributed by atoms with E-state index in [1.54, 1.807) is 26.0 Å². The summed E-state index contributed by atoms with van der Waals surface area (Å²) in [7, 11) is 0. The Balaban J connectivity index is 1.58. The van der Waals surface area contributed by atoms with E-state index in [9.17, 15) is 26.7 Å². The number of amides is 1. The second-order valence-electron chi connectivity index (χ2n) is 9.10. The zero-order valence-corrected chi connectivity index (χ0v) is 19.2. The third kappa shape index (κ3) is 6.05. The molecule has 0 spiro atoms. The van der Waals surface area contributed by atoms with Crippen LogP contribution in [0.1, 0.15) is 53.5 Å². The third-order valence-electron chi connectivity index (χ3n) is 6.01. The number of alkyl halides is 5. The maximum atomic E-state index is 14.5. The fourth-order valence-electron chi connectivity index (χ4n) is 4.00. The van der Waals surface area contributed by atoms with Gasteiger partial charge in [0.25, 0.3) is 11.8 Å². The number of carbonyl (C=O) groups is 1. The number of piperidine rings is 1. The van der Waals surface area contributed by atoms with E-state index in [1.165, 1.54) is 0 Å². The van der Waals surface area contributed by atoms with Gasteiger partial charge in [-0.2, -0.15) is 13.2 Å². The highest BCUT2D eigenvalue weighted by Gasteiger charge is 2.46. The topological polar surface area (TPSA) is 71.0 Å². The average Bonchev–Trinajstić information content (AvgIpc) is 3.60. The second kappa shape index (κ2) is 9.40. The first-order valence-electron chi connectivity index (χ1n) is 11.2. The molecule has 4 rings (SSSR count). The molecule has 2 aromatic rings. The number of aryl methyl sites for hydroxylation is 1. The van der Waals surface area contributed by atoms with Gasteiger partial charge >= 0.3 is 6.18 Å². The summed E-state index contributed by atoms with van der Waals surface area (Å²) in [6.07, 6.45) is -1.76. The van der Waals surface area contributed by atoms with Crippen molar-refractivity contribution in [1.29, 1.82) is 0 Å². The highest BCUT2D eigenvalue weighted by molar-refractivity contribution is 5.95. The number of aromatic nitrogens is 3. The van der Waals surface area contributed by atoms with Gasteiger partial charge in [0.2, 0.25) is 5.95 Å². The van der Waals surface area contributed by atoms with Crippen LogP contribution in [0, 0.1) is 30.6 Å². The first-order chi connectivity index (χ1) is 16.4. The van der Waals surface area contributed by atoms with Crippen LogP contribution in [-0.2, 0) is 6.18 Å². The largest absolute Gasteiger partial charge is 0.419 e. The van der Waals surface area contributed by atoms with Crippen LogP contribution in [0.25, 0.3) is 0 Å². The van der Waals surface area contributed by atoms with Crippen LogP contribution in [0.5, 0.6) is 0 Å². The summed E-state index contributed by atoms with van der Waals surface area (Å²) in [5.41, 5.74) is -0.0588. The number of rotatable bonds is 4. The van der Waals surface area contributed by atoms with Crippen molar-refractivity contribution in [1.82, 2.24) is 19.9 Å². The Bertz CT molecular complexity index is 1150. The van der Waals surface area contributed by atoms with E-state index in [0.717, 1.165) is 17.7 Å². The summed E-state index contributed by atoms with van der Waals surface area (Å²) < 4.78 is 67.3. The number of nitrogens with one attached hydrogen (secondary N) is 1. The summed E-state index contributed by atoms with van der Waals surface area (Å²) in [6, 6.07) is 2.68. The van der Waals surface area contributed by atoms with Crippen molar-refractivity contribution >= 4 is 11.9 Å². The predicted octanol–water partition coefficient (Wildman–Crippen LogP) is 4.56. The smallest absolute Gasteiger partial charge is 0.352 e. The van der Waals surface area contributed by atoms with Gasteiger partial charge in [-0.15, -0.1) is 0 Å². The Morgan fingerprint density at radius 3 is 2.54 bits per heavy atom. The molecule has 186 valence electrons. The molecule has 1 aliphatic heterocycles. The molecule has 0 radical (unpaired) electrons. The standard InChI is InChI=1S/C24H24F5N5O/c1-14-9-23(25,26)13-34(19(14)12-32-22-30-10-18(11-31-22)24(27,28)29)21(35)20-17(7-3-15(2)33-20)8-6-16-4-5-16/h3,7,10-11,14,16,19H,4-5,9,12-13H2,1-2H3,(H,30,31,32)/t14-,19-/m1/s1. The number of nitrogens with zero attached hydrogens (tertiary/aromatic N) is 4. The minimum Gasteiger partial charge on any atom is -0.352 e. The average molecular weight is 493 g/mol. The lowest BCUT2D eigenvalue weighted by atomic mass is 9.88. The molecule has 2 atom stereocenters. The summed E-state index contributed by atoms with van der Waals surface area (Å²) >= 11 is 0. The van der Waals surface area contributed by atoms with Gasteiger partial charge < -0.3 is 10.2 Å². The maximum Gasteiger partial charge on any atom is 0.419 e. The molecule has 2 aromatic heterocycles. The van der Waals surface area contributed by atoms with E-state index in [-0.39, 0.29) is 24.1 Å². The molecule has 35 heavy (non-hydrogen) atoms. The number of hydrogen-bond acceptors (Lipinski definition) is 5. The zero-order valence-electron chi connectivity index (χ0n) is 19.2. The van der Waals surface area contributed by atoms with Crippen LogP contribution >= 0.6 is 0 Å². The Hall–Kier alpha value is -3.29. The van der Waals surface area contributed by atoms with Crippen molar-refractivity contribution in [3.05, 3.63) is 47.0 Å². The van der Waals surface area contributed by atoms with Gasteiger partial charge in [-0.1, -0.05) is 18.8 Å². The molecule has 1 amide bonds. The maximum absolute atomic E-state index is 14.5. The molecular weight excluding hydrogens is 469 g/mol. The molecule has 11 heteroatoms. The van der Waals surface area contributed by atoms with Crippen LogP contribution in [0.15, 0.2) is 24.5 Å². The van der Waals surface area contributed by atoms with Gasteiger partial charge in [0.05, 0.1) is 23.7 Å². The van der Waals surface area contributed by atoms with Crippen molar-refractivity contribution in [2.24, 2.45) is 11.8 Å². The number of pyridine rings is 1. The van der Waals surface area contributed by atoms with Crippen LogP contribution in [0.2, 0.25) is 0 Å². The first-order valence-corrected chi connectivity index (χ1v) is 11.2. The number of likely N-dealkylation sites (tertiary alicyclic amines) is 1. The summed E-state index contributed by atoms with van der Waals surface area (Å²) in [5, 5.41) is 2.78. The van der Waals surface area contributed by atoms with E-state index < -0.39 is 48.5 Å². The van der Waals surface area contributed by atoms with E-state index in [1.807, 2.05) is 0 Å². The molecule has 1 N–H and O–H groups in total. The van der Waals surface area contributed by atoms with E-state index >= 15 is 0 Å². The van der Waals surface area contributed by atoms with Crippen molar-refractivity contribution in [3.63, 3.8) is 0 Å². The van der Waals surface area contributed by atoms with Gasteiger partial charge in [-0.3, -0.25) is 4.79 Å². The minimum absolute atomic E-state index is 0.0128. The van der Waals surface area contributed by atoms with E-state index in [0.29, 0.717) is 23.7 Å². The highest BCUT2D eigenvalue weighted by Crippen LogP contribution is 2.35. The predicted molar refractivity (Wildman–Crippen MR) is 118 cm³/mol. The summed E-state index contributed by atoms with van der Waals surface area (Å²) in [4.78, 5) is 26.2. The molecule has 0 unspecified atom stereocenters. The Morgan fingerprint density at radius 1 is 1.23 bits per heavy atom. The SMILES string of the molecule is Cc1ccc(C#CC2CC2)c(C(=O)N2CC(F)(F)C[C@@H](C)[C@H]2CNc2ncc(C(F)(F)F)cn2)n1. The monoisotopic (exact) mass is 493 g/mol. The van der Waals surface area contributed by atoms with Gasteiger partial charge in [0, 0.05) is 37.0 Å². The van der Waals surface area contributed by atoms with Crippen molar-refractivity contribution < 1.29 is 26.7 Å². The molecule has 0 aromatic carbocycles. The molecule has 1 saturated carbocycles. The summed E-state index contributed by atoms with van der Waals surface area (Å²) in [6.45, 7) is 2.47. The van der Waals surface area contributed by atoms with Gasteiger partial charge in [-0.05, 0) is 37.8 Å². The van der Waals surface area contributed by atoms with E-state index in [2.05, 4.69) is 32.1 Å². The lowest BCUT2D eigenvalue weighted by Crippen LogP contribution is -2.57. The molecule has 3 heterocycles. The fraction of sp³-hybridized carbons (Fsp3) is 0.500. The van der Waals surface area contributed by atoms with E-state index in [4.69, 9.17) is 0 Å². The Labute approximate surface area is 199 Å². The minimum atomic E-state index is -4.58. The van der Waals surface area contributed by atoms with Gasteiger partial charge in [0.1, 0.15) is 5.69 Å². The fourth-order valence-corrected chi connectivity index (χ4v) is 4.00. The lowest BCUT2D eigenvalue weighted by molar-refractivity contribution is -0.138.